The van der Waals surface area contributed by atoms with E-state index in [1.807, 2.05) is 11.6 Å². The molecule has 7 heteroatoms. The molecule has 0 bridgehead atoms. The maximum absolute atomic E-state index is 4.43. The number of hydrogen-bond acceptors (Lipinski definition) is 6. The van der Waals surface area contributed by atoms with Crippen LogP contribution in [0.15, 0.2) is 22.2 Å². The van der Waals surface area contributed by atoms with E-state index < -0.39 is 0 Å². The molecule has 2 heterocycles. The van der Waals surface area contributed by atoms with E-state index in [-0.39, 0.29) is 0 Å². The van der Waals surface area contributed by atoms with Gasteiger partial charge in [0.2, 0.25) is 5.95 Å². The van der Waals surface area contributed by atoms with Crippen molar-refractivity contribution in [3.63, 3.8) is 0 Å². The summed E-state index contributed by atoms with van der Waals surface area (Å²) in [6.07, 6.45) is 5.53. The molecule has 0 aliphatic heterocycles. The summed E-state index contributed by atoms with van der Waals surface area (Å²) < 4.78 is 0.869. The standard InChI is InChI=1S/C12H16BrN5S/c1-2-4-16-12-17-8-9(13)11(18-12)15-5-3-10-14-6-7-19-10/h6-8H,2-5H2,1H3,(H2,15,16,17,18). The molecule has 0 atom stereocenters. The van der Waals surface area contributed by atoms with Gasteiger partial charge >= 0.3 is 0 Å². The van der Waals surface area contributed by atoms with Crippen molar-refractivity contribution < 1.29 is 0 Å². The third-order valence-electron chi connectivity index (χ3n) is 2.39. The van der Waals surface area contributed by atoms with Gasteiger partial charge in [0.25, 0.3) is 0 Å². The summed E-state index contributed by atoms with van der Waals surface area (Å²) in [5, 5.41) is 9.58. The van der Waals surface area contributed by atoms with Crippen molar-refractivity contribution >= 4 is 39.0 Å². The minimum absolute atomic E-state index is 0.654. The highest BCUT2D eigenvalue weighted by Crippen LogP contribution is 2.20. The molecular weight excluding hydrogens is 326 g/mol. The first-order chi connectivity index (χ1) is 9.29. The van der Waals surface area contributed by atoms with Gasteiger partial charge in [-0.15, -0.1) is 11.3 Å². The third kappa shape index (κ3) is 4.43. The molecule has 102 valence electrons. The Morgan fingerprint density at radius 2 is 2.16 bits per heavy atom. The van der Waals surface area contributed by atoms with Crippen LogP contribution in [0, 0.1) is 0 Å². The number of hydrogen-bond donors (Lipinski definition) is 2. The van der Waals surface area contributed by atoms with Gasteiger partial charge in [-0.05, 0) is 22.4 Å². The minimum Gasteiger partial charge on any atom is -0.369 e. The Labute approximate surface area is 125 Å². The maximum atomic E-state index is 4.43. The monoisotopic (exact) mass is 341 g/mol. The molecule has 19 heavy (non-hydrogen) atoms. The van der Waals surface area contributed by atoms with E-state index in [4.69, 9.17) is 0 Å². The van der Waals surface area contributed by atoms with Gasteiger partial charge in [-0.2, -0.15) is 4.98 Å². The zero-order valence-electron chi connectivity index (χ0n) is 10.7. The van der Waals surface area contributed by atoms with Crippen LogP contribution in [-0.4, -0.2) is 28.0 Å². The van der Waals surface area contributed by atoms with E-state index in [1.165, 1.54) is 0 Å². The number of thiazole rings is 1. The Morgan fingerprint density at radius 1 is 1.26 bits per heavy atom. The molecular formula is C12H16BrN5S. The molecule has 2 aromatic heterocycles. The number of halogens is 1. The Balaban J connectivity index is 1.90. The van der Waals surface area contributed by atoms with Gasteiger partial charge in [-0.3, -0.25) is 0 Å². The molecule has 0 amide bonds. The van der Waals surface area contributed by atoms with Crippen LogP contribution in [0.25, 0.3) is 0 Å². The lowest BCUT2D eigenvalue weighted by Gasteiger charge is -2.09. The van der Waals surface area contributed by atoms with Gasteiger partial charge in [0.1, 0.15) is 5.82 Å². The summed E-state index contributed by atoms with van der Waals surface area (Å²) in [4.78, 5) is 12.9. The van der Waals surface area contributed by atoms with Gasteiger partial charge in [-0.1, -0.05) is 6.92 Å². The van der Waals surface area contributed by atoms with Crippen molar-refractivity contribution in [1.29, 1.82) is 0 Å². The van der Waals surface area contributed by atoms with Gasteiger partial charge in [0.15, 0.2) is 0 Å². The summed E-state index contributed by atoms with van der Waals surface area (Å²) in [6.45, 7) is 3.79. The molecule has 0 aliphatic carbocycles. The predicted molar refractivity (Wildman–Crippen MR) is 82.8 cm³/mol. The van der Waals surface area contributed by atoms with Crippen LogP contribution in [0.4, 0.5) is 11.8 Å². The van der Waals surface area contributed by atoms with Crippen LogP contribution in [-0.2, 0) is 6.42 Å². The minimum atomic E-state index is 0.654. The van der Waals surface area contributed by atoms with Crippen LogP contribution >= 0.6 is 27.3 Å². The number of aromatic nitrogens is 3. The molecule has 0 aliphatic rings. The summed E-state index contributed by atoms with van der Waals surface area (Å²) in [5.74, 6) is 1.46. The average molecular weight is 342 g/mol. The fraction of sp³-hybridized carbons (Fsp3) is 0.417. The zero-order chi connectivity index (χ0) is 13.5. The van der Waals surface area contributed by atoms with E-state index in [0.29, 0.717) is 5.95 Å². The number of nitrogens with one attached hydrogen (secondary N) is 2. The molecule has 0 saturated heterocycles. The molecule has 5 nitrogen and oxygen atoms in total. The lowest BCUT2D eigenvalue weighted by Crippen LogP contribution is -2.10. The SMILES string of the molecule is CCCNc1ncc(Br)c(NCCc2nccs2)n1. The highest BCUT2D eigenvalue weighted by atomic mass is 79.9. The summed E-state index contributed by atoms with van der Waals surface area (Å²) in [6, 6.07) is 0. The van der Waals surface area contributed by atoms with Crippen molar-refractivity contribution in [1.82, 2.24) is 15.0 Å². The number of nitrogens with zero attached hydrogens (tertiary/aromatic N) is 3. The Morgan fingerprint density at radius 3 is 2.89 bits per heavy atom. The lowest BCUT2D eigenvalue weighted by molar-refractivity contribution is 0.942. The van der Waals surface area contributed by atoms with Crippen molar-refractivity contribution in [2.24, 2.45) is 0 Å². The van der Waals surface area contributed by atoms with E-state index in [1.54, 1.807) is 17.5 Å². The van der Waals surface area contributed by atoms with Gasteiger partial charge in [0, 0.05) is 37.3 Å². The fourth-order valence-electron chi connectivity index (χ4n) is 1.48. The normalized spacial score (nSPS) is 10.4. The zero-order valence-corrected chi connectivity index (χ0v) is 13.1. The summed E-state index contributed by atoms with van der Waals surface area (Å²) in [5.41, 5.74) is 0. The first-order valence-electron chi connectivity index (χ1n) is 6.18. The van der Waals surface area contributed by atoms with Crippen molar-refractivity contribution in [2.45, 2.75) is 19.8 Å². The number of rotatable bonds is 7. The van der Waals surface area contributed by atoms with Crippen LogP contribution in [0.3, 0.4) is 0 Å². The van der Waals surface area contributed by atoms with Gasteiger partial charge in [0.05, 0.1) is 9.48 Å². The molecule has 0 fully saturated rings. The van der Waals surface area contributed by atoms with Crippen LogP contribution < -0.4 is 10.6 Å². The maximum Gasteiger partial charge on any atom is 0.224 e. The second-order valence-electron chi connectivity index (χ2n) is 3.92. The van der Waals surface area contributed by atoms with Crippen LogP contribution in [0.2, 0.25) is 0 Å². The summed E-state index contributed by atoms with van der Waals surface area (Å²) >= 11 is 5.12. The first kappa shape index (κ1) is 14.2. The summed E-state index contributed by atoms with van der Waals surface area (Å²) in [7, 11) is 0. The molecule has 2 aromatic rings. The molecule has 0 aromatic carbocycles. The fourth-order valence-corrected chi connectivity index (χ4v) is 2.43. The third-order valence-corrected chi connectivity index (χ3v) is 3.81. The van der Waals surface area contributed by atoms with Gasteiger partial charge in [-0.25, -0.2) is 9.97 Å². The first-order valence-corrected chi connectivity index (χ1v) is 7.85. The van der Waals surface area contributed by atoms with Crippen LogP contribution in [0.5, 0.6) is 0 Å². The molecule has 0 saturated carbocycles. The largest absolute Gasteiger partial charge is 0.369 e. The molecule has 0 radical (unpaired) electrons. The van der Waals surface area contributed by atoms with E-state index in [2.05, 4.69) is 48.4 Å². The van der Waals surface area contributed by atoms with Crippen LogP contribution in [0.1, 0.15) is 18.4 Å². The predicted octanol–water partition coefficient (Wildman–Crippen LogP) is 3.17. The number of anilines is 2. The van der Waals surface area contributed by atoms with Crippen molar-refractivity contribution in [3.8, 4) is 0 Å². The molecule has 0 unspecified atom stereocenters. The van der Waals surface area contributed by atoms with E-state index in [9.17, 15) is 0 Å². The van der Waals surface area contributed by atoms with Crippen molar-refractivity contribution in [2.75, 3.05) is 23.7 Å². The van der Waals surface area contributed by atoms with E-state index in [0.717, 1.165) is 41.2 Å². The van der Waals surface area contributed by atoms with E-state index >= 15 is 0 Å². The second-order valence-corrected chi connectivity index (χ2v) is 5.75. The highest BCUT2D eigenvalue weighted by Gasteiger charge is 2.04. The second kappa shape index (κ2) is 7.40. The highest BCUT2D eigenvalue weighted by molar-refractivity contribution is 9.10. The molecule has 2 rings (SSSR count). The Bertz CT molecular complexity index is 503. The molecule has 2 N–H and O–H groups in total. The Kier molecular flexibility index (Phi) is 5.53. The smallest absolute Gasteiger partial charge is 0.224 e. The Hall–Kier alpha value is -1.21. The molecule has 0 spiro atoms. The quantitative estimate of drug-likeness (QED) is 0.809. The van der Waals surface area contributed by atoms with Crippen molar-refractivity contribution in [3.05, 3.63) is 27.3 Å². The topological polar surface area (TPSA) is 62.7 Å². The average Bonchev–Trinajstić information content (AvgIpc) is 2.92. The lowest BCUT2D eigenvalue weighted by atomic mass is 10.4. The van der Waals surface area contributed by atoms with Gasteiger partial charge < -0.3 is 10.6 Å².